The Hall–Kier alpha value is -2.10. The van der Waals surface area contributed by atoms with Gasteiger partial charge in [0.2, 0.25) is 11.7 Å². The molecule has 9 heteroatoms. The third-order valence-corrected chi connectivity index (χ3v) is 6.13. The Kier molecular flexibility index (Phi) is 6.07. The monoisotopic (exact) mass is 534 g/mol. The standard InChI is InChI=1S/C20H16Br2N4O2S/c1-2-26-19(17-9-12-8-14(22)6-7-16(12)28-17)24-25-20(26)29-11-18(27)23-15-5-3-4-13(21)10-15/h3-10H,2,11H2,1H3,(H,23,27). The van der Waals surface area contributed by atoms with Crippen molar-refractivity contribution in [2.45, 2.75) is 18.6 Å². The number of aromatic nitrogens is 3. The Morgan fingerprint density at radius 1 is 1.14 bits per heavy atom. The number of thioether (sulfide) groups is 1. The van der Waals surface area contributed by atoms with Crippen LogP contribution >= 0.6 is 43.6 Å². The van der Waals surface area contributed by atoms with Gasteiger partial charge in [0.05, 0.1) is 5.75 Å². The molecular weight excluding hydrogens is 520 g/mol. The van der Waals surface area contributed by atoms with Crippen molar-refractivity contribution < 1.29 is 9.21 Å². The lowest BCUT2D eigenvalue weighted by Gasteiger charge is -2.07. The number of carbonyl (C=O) groups excluding carboxylic acids is 1. The Labute approximate surface area is 188 Å². The van der Waals surface area contributed by atoms with Crippen molar-refractivity contribution in [3.63, 3.8) is 0 Å². The minimum absolute atomic E-state index is 0.103. The third kappa shape index (κ3) is 4.57. The van der Waals surface area contributed by atoms with E-state index in [2.05, 4.69) is 47.4 Å². The van der Waals surface area contributed by atoms with Crippen molar-refractivity contribution in [2.75, 3.05) is 11.1 Å². The highest BCUT2D eigenvalue weighted by Crippen LogP contribution is 2.30. The molecule has 1 amide bonds. The maximum Gasteiger partial charge on any atom is 0.234 e. The van der Waals surface area contributed by atoms with Crippen LogP contribution in [0.3, 0.4) is 0 Å². The van der Waals surface area contributed by atoms with Gasteiger partial charge in [-0.1, -0.05) is 49.7 Å². The second kappa shape index (κ2) is 8.73. The van der Waals surface area contributed by atoms with Crippen molar-refractivity contribution in [3.8, 4) is 11.6 Å². The SMILES string of the molecule is CCn1c(SCC(=O)Nc2cccc(Br)c2)nnc1-c1cc2cc(Br)ccc2o1. The average Bonchev–Trinajstić information content (AvgIpc) is 3.29. The van der Waals surface area contributed by atoms with Gasteiger partial charge < -0.3 is 9.73 Å². The van der Waals surface area contributed by atoms with Crippen LogP contribution in [0.2, 0.25) is 0 Å². The molecule has 0 aliphatic rings. The van der Waals surface area contributed by atoms with Crippen molar-refractivity contribution in [2.24, 2.45) is 0 Å². The van der Waals surface area contributed by atoms with E-state index >= 15 is 0 Å². The second-order valence-corrected chi connectivity index (χ2v) is 8.96. The molecule has 0 radical (unpaired) electrons. The topological polar surface area (TPSA) is 73.0 Å². The molecule has 0 bridgehead atoms. The highest BCUT2D eigenvalue weighted by molar-refractivity contribution is 9.10. The molecule has 0 saturated heterocycles. The predicted molar refractivity (Wildman–Crippen MR) is 122 cm³/mol. The molecule has 0 unspecified atom stereocenters. The minimum Gasteiger partial charge on any atom is -0.453 e. The van der Waals surface area contributed by atoms with Crippen LogP contribution in [0.1, 0.15) is 6.92 Å². The van der Waals surface area contributed by atoms with E-state index in [0.717, 1.165) is 25.6 Å². The van der Waals surface area contributed by atoms with E-state index in [1.807, 2.05) is 60.0 Å². The number of hydrogen-bond donors (Lipinski definition) is 1. The van der Waals surface area contributed by atoms with Crippen LogP contribution in [-0.4, -0.2) is 26.4 Å². The normalized spacial score (nSPS) is 11.1. The summed E-state index contributed by atoms with van der Waals surface area (Å²) in [6, 6.07) is 15.3. The number of amides is 1. The van der Waals surface area contributed by atoms with Gasteiger partial charge >= 0.3 is 0 Å². The van der Waals surface area contributed by atoms with Crippen molar-refractivity contribution >= 4 is 66.2 Å². The van der Waals surface area contributed by atoms with E-state index < -0.39 is 0 Å². The molecule has 1 N–H and O–H groups in total. The van der Waals surface area contributed by atoms with E-state index in [0.29, 0.717) is 23.3 Å². The van der Waals surface area contributed by atoms with E-state index in [1.165, 1.54) is 11.8 Å². The maximum atomic E-state index is 12.3. The molecule has 29 heavy (non-hydrogen) atoms. The molecule has 0 spiro atoms. The molecule has 2 aromatic carbocycles. The van der Waals surface area contributed by atoms with Gasteiger partial charge in [-0.2, -0.15) is 0 Å². The Morgan fingerprint density at radius 2 is 1.97 bits per heavy atom. The first-order valence-corrected chi connectivity index (χ1v) is 11.4. The zero-order valence-electron chi connectivity index (χ0n) is 15.4. The van der Waals surface area contributed by atoms with Crippen LogP contribution in [0, 0.1) is 0 Å². The molecule has 0 aliphatic heterocycles. The highest BCUT2D eigenvalue weighted by Gasteiger charge is 2.18. The van der Waals surface area contributed by atoms with Crippen LogP contribution in [0.25, 0.3) is 22.6 Å². The zero-order chi connectivity index (χ0) is 20.4. The smallest absolute Gasteiger partial charge is 0.234 e. The number of nitrogens with zero attached hydrogens (tertiary/aromatic N) is 3. The molecule has 148 valence electrons. The first-order valence-electron chi connectivity index (χ1n) is 8.84. The Morgan fingerprint density at radius 3 is 2.76 bits per heavy atom. The summed E-state index contributed by atoms with van der Waals surface area (Å²) >= 11 is 8.22. The second-order valence-electron chi connectivity index (χ2n) is 6.19. The van der Waals surface area contributed by atoms with Gasteiger partial charge in [0.1, 0.15) is 5.58 Å². The van der Waals surface area contributed by atoms with Gasteiger partial charge in [0, 0.05) is 26.6 Å². The molecular formula is C20H16Br2N4O2S. The molecule has 4 rings (SSSR count). The molecule has 2 heterocycles. The number of benzene rings is 2. The number of hydrogen-bond acceptors (Lipinski definition) is 5. The van der Waals surface area contributed by atoms with Crippen LogP contribution < -0.4 is 5.32 Å². The van der Waals surface area contributed by atoms with E-state index in [9.17, 15) is 4.79 Å². The number of carbonyl (C=O) groups is 1. The van der Waals surface area contributed by atoms with Gasteiger partial charge in [0.25, 0.3) is 0 Å². The Bertz CT molecular complexity index is 1190. The molecule has 4 aromatic rings. The maximum absolute atomic E-state index is 12.3. The summed E-state index contributed by atoms with van der Waals surface area (Å²) in [4.78, 5) is 12.3. The third-order valence-electron chi connectivity index (χ3n) is 4.17. The predicted octanol–water partition coefficient (Wildman–Crippen LogP) is 5.97. The number of halogens is 2. The van der Waals surface area contributed by atoms with Crippen LogP contribution in [0.4, 0.5) is 5.69 Å². The molecule has 6 nitrogen and oxygen atoms in total. The molecule has 0 fully saturated rings. The highest BCUT2D eigenvalue weighted by atomic mass is 79.9. The van der Waals surface area contributed by atoms with E-state index in [-0.39, 0.29) is 11.7 Å². The molecule has 2 aromatic heterocycles. The number of anilines is 1. The quantitative estimate of drug-likeness (QED) is 0.308. The lowest BCUT2D eigenvalue weighted by Crippen LogP contribution is -2.14. The summed E-state index contributed by atoms with van der Waals surface area (Å²) in [5.41, 5.74) is 1.53. The summed E-state index contributed by atoms with van der Waals surface area (Å²) in [6.45, 7) is 2.68. The van der Waals surface area contributed by atoms with Crippen molar-refractivity contribution in [1.29, 1.82) is 0 Å². The van der Waals surface area contributed by atoms with Gasteiger partial charge in [-0.3, -0.25) is 9.36 Å². The first kappa shape index (κ1) is 20.2. The fourth-order valence-electron chi connectivity index (χ4n) is 2.88. The zero-order valence-corrected chi connectivity index (χ0v) is 19.3. The summed E-state index contributed by atoms with van der Waals surface area (Å²) in [5.74, 6) is 1.43. The number of rotatable bonds is 6. The average molecular weight is 536 g/mol. The largest absolute Gasteiger partial charge is 0.453 e. The van der Waals surface area contributed by atoms with Crippen molar-refractivity contribution in [1.82, 2.24) is 14.8 Å². The fraction of sp³-hybridized carbons (Fsp3) is 0.150. The fourth-order valence-corrected chi connectivity index (χ4v) is 4.46. The Balaban J connectivity index is 1.50. The molecule has 0 aliphatic carbocycles. The summed E-state index contributed by atoms with van der Waals surface area (Å²) in [5, 5.41) is 13.1. The molecule has 0 saturated carbocycles. The van der Waals surface area contributed by atoms with Crippen molar-refractivity contribution in [3.05, 3.63) is 57.5 Å². The van der Waals surface area contributed by atoms with E-state index in [4.69, 9.17) is 4.42 Å². The lowest BCUT2D eigenvalue weighted by atomic mass is 10.2. The minimum atomic E-state index is -0.103. The summed E-state index contributed by atoms with van der Waals surface area (Å²) in [7, 11) is 0. The van der Waals surface area contributed by atoms with Gasteiger partial charge in [-0.15, -0.1) is 10.2 Å². The van der Waals surface area contributed by atoms with Crippen LogP contribution in [-0.2, 0) is 11.3 Å². The number of furan rings is 1. The van der Waals surface area contributed by atoms with Gasteiger partial charge in [-0.05, 0) is 49.4 Å². The summed E-state index contributed by atoms with van der Waals surface area (Å²) < 4.78 is 9.79. The van der Waals surface area contributed by atoms with Crippen LogP contribution in [0.5, 0.6) is 0 Å². The number of fused-ring (bicyclic) bond motifs is 1. The summed E-state index contributed by atoms with van der Waals surface area (Å²) in [6.07, 6.45) is 0. The van der Waals surface area contributed by atoms with Gasteiger partial charge in [0.15, 0.2) is 10.9 Å². The lowest BCUT2D eigenvalue weighted by molar-refractivity contribution is -0.113. The van der Waals surface area contributed by atoms with Gasteiger partial charge in [-0.25, -0.2) is 0 Å². The van der Waals surface area contributed by atoms with Crippen LogP contribution in [0.15, 0.2) is 67.0 Å². The molecule has 0 atom stereocenters. The van der Waals surface area contributed by atoms with E-state index in [1.54, 1.807) is 0 Å². The number of nitrogens with one attached hydrogen (secondary N) is 1. The first-order chi connectivity index (χ1) is 14.0.